The fourth-order valence-corrected chi connectivity index (χ4v) is 2.73. The lowest BCUT2D eigenvalue weighted by molar-refractivity contribution is -0.0355. The number of alkyl carbamates (subject to hydrolysis) is 1. The van der Waals surface area contributed by atoms with Gasteiger partial charge in [-0.25, -0.2) is 23.8 Å². The van der Waals surface area contributed by atoms with Gasteiger partial charge in [-0.3, -0.25) is 5.43 Å². The topological polar surface area (TPSA) is 109 Å². The van der Waals surface area contributed by atoms with Crippen molar-refractivity contribution in [2.24, 2.45) is 0 Å². The number of halogens is 2. The summed E-state index contributed by atoms with van der Waals surface area (Å²) in [5.41, 5.74) is 3.76. The molecule has 0 unspecified atom stereocenters. The van der Waals surface area contributed by atoms with E-state index < -0.39 is 47.6 Å². The minimum Gasteiger partial charge on any atom is -0.464 e. The Labute approximate surface area is 155 Å². The molecule has 0 aliphatic carbocycles. The van der Waals surface area contributed by atoms with E-state index >= 15 is 0 Å². The molecule has 0 aromatic heterocycles. The molecule has 1 aromatic carbocycles. The van der Waals surface area contributed by atoms with Gasteiger partial charge in [-0.05, 0) is 45.4 Å². The summed E-state index contributed by atoms with van der Waals surface area (Å²) in [6.45, 7) is 5.09. The van der Waals surface area contributed by atoms with Crippen LogP contribution in [0.2, 0.25) is 0 Å². The first-order valence-electron chi connectivity index (χ1n) is 8.35. The zero-order chi connectivity index (χ0) is 20.2. The molecule has 0 spiro atoms. The van der Waals surface area contributed by atoms with E-state index in [0.29, 0.717) is 0 Å². The Morgan fingerprint density at radius 2 is 2.00 bits per heavy atom. The number of benzene rings is 1. The second-order valence-electron chi connectivity index (χ2n) is 7.18. The highest BCUT2D eigenvalue weighted by molar-refractivity contribution is 5.68. The molecule has 10 heteroatoms. The predicted octanol–water partition coefficient (Wildman–Crippen LogP) is 2.46. The molecular formula is C17H23F2N3O5. The minimum atomic E-state index is -1.29. The van der Waals surface area contributed by atoms with Gasteiger partial charge in [-0.15, -0.1) is 0 Å². The Bertz CT molecular complexity index is 696. The molecule has 0 bridgehead atoms. The van der Waals surface area contributed by atoms with Crippen LogP contribution >= 0.6 is 0 Å². The summed E-state index contributed by atoms with van der Waals surface area (Å²) in [5, 5.41) is 11.3. The van der Waals surface area contributed by atoms with E-state index in [1.54, 1.807) is 20.8 Å². The van der Waals surface area contributed by atoms with Crippen molar-refractivity contribution >= 4 is 12.2 Å². The van der Waals surface area contributed by atoms with Gasteiger partial charge in [0.2, 0.25) is 0 Å². The quantitative estimate of drug-likeness (QED) is 0.591. The van der Waals surface area contributed by atoms with Gasteiger partial charge in [-0.2, -0.15) is 0 Å². The Kier molecular flexibility index (Phi) is 6.55. The molecule has 0 radical (unpaired) electrons. The van der Waals surface area contributed by atoms with E-state index in [9.17, 15) is 18.4 Å². The minimum absolute atomic E-state index is 0.0212. The molecule has 1 heterocycles. The number of carboxylic acid groups (broad SMARTS) is 1. The molecule has 1 aliphatic rings. The summed E-state index contributed by atoms with van der Waals surface area (Å²) in [7, 11) is 0. The largest absolute Gasteiger partial charge is 0.464 e. The van der Waals surface area contributed by atoms with Gasteiger partial charge in [0.1, 0.15) is 23.3 Å². The van der Waals surface area contributed by atoms with Gasteiger partial charge in [0, 0.05) is 5.56 Å². The van der Waals surface area contributed by atoms with Crippen LogP contribution in [0.25, 0.3) is 0 Å². The van der Waals surface area contributed by atoms with Crippen molar-refractivity contribution in [3.8, 4) is 0 Å². The fraction of sp³-hybridized carbons (Fsp3) is 0.529. The Hall–Kier alpha value is -2.46. The smallest absolute Gasteiger partial charge is 0.419 e. The van der Waals surface area contributed by atoms with Crippen LogP contribution in [-0.2, 0) is 9.47 Å². The van der Waals surface area contributed by atoms with Gasteiger partial charge in [0.15, 0.2) is 0 Å². The number of hydrazine groups is 1. The first-order chi connectivity index (χ1) is 12.5. The van der Waals surface area contributed by atoms with E-state index in [2.05, 4.69) is 10.7 Å². The third-order valence-electron chi connectivity index (χ3n) is 3.73. The van der Waals surface area contributed by atoms with Crippen LogP contribution in [0.3, 0.4) is 0 Å². The molecule has 2 amide bonds. The van der Waals surface area contributed by atoms with Crippen molar-refractivity contribution in [2.75, 3.05) is 6.61 Å². The number of hydrogen-bond donors (Lipinski definition) is 4. The number of carbonyl (C=O) groups excluding carboxylic acids is 1. The molecule has 1 saturated heterocycles. The zero-order valence-electron chi connectivity index (χ0n) is 15.2. The number of hydrogen-bond acceptors (Lipinski definition) is 5. The average Bonchev–Trinajstić information content (AvgIpc) is 2.54. The first-order valence-corrected chi connectivity index (χ1v) is 8.35. The molecule has 1 aliphatic heterocycles. The van der Waals surface area contributed by atoms with Crippen LogP contribution in [0, 0.1) is 11.6 Å². The summed E-state index contributed by atoms with van der Waals surface area (Å²) in [5.74, 6) is -1.31. The summed E-state index contributed by atoms with van der Waals surface area (Å²) in [4.78, 5) is 22.8. The lowest BCUT2D eigenvalue weighted by atomic mass is 9.93. The molecule has 1 fully saturated rings. The van der Waals surface area contributed by atoms with E-state index in [1.807, 2.05) is 5.43 Å². The highest BCUT2D eigenvalue weighted by Crippen LogP contribution is 2.31. The number of nitrogens with one attached hydrogen (secondary N) is 3. The zero-order valence-corrected chi connectivity index (χ0v) is 15.2. The Morgan fingerprint density at radius 1 is 1.30 bits per heavy atom. The molecule has 27 heavy (non-hydrogen) atoms. The molecule has 150 valence electrons. The van der Waals surface area contributed by atoms with Crippen LogP contribution < -0.4 is 16.2 Å². The standard InChI is InChI=1S/C17H23F2N3O5/c1-17(2,3)27-16(25)20-13-7-10(21-22-15(23)24)8-26-14(13)11-6-9(18)4-5-12(11)19/h4-6,10,13-14,21-22H,7-8H2,1-3H3,(H,20,25)(H,23,24)/t10-,13+,14-/m1/s1. The summed E-state index contributed by atoms with van der Waals surface area (Å²) in [6.07, 6.45) is -2.80. The summed E-state index contributed by atoms with van der Waals surface area (Å²) in [6, 6.07) is 1.70. The van der Waals surface area contributed by atoms with Crippen LogP contribution in [0.15, 0.2) is 18.2 Å². The number of carbonyl (C=O) groups is 2. The summed E-state index contributed by atoms with van der Waals surface area (Å²) >= 11 is 0. The maximum Gasteiger partial charge on any atom is 0.419 e. The first kappa shape index (κ1) is 20.8. The molecule has 3 atom stereocenters. The van der Waals surface area contributed by atoms with Crippen LogP contribution in [-0.4, -0.2) is 41.6 Å². The van der Waals surface area contributed by atoms with Crippen molar-refractivity contribution in [3.63, 3.8) is 0 Å². The van der Waals surface area contributed by atoms with Crippen molar-refractivity contribution < 1.29 is 33.0 Å². The van der Waals surface area contributed by atoms with Crippen molar-refractivity contribution in [1.82, 2.24) is 16.2 Å². The molecule has 2 rings (SSSR count). The van der Waals surface area contributed by atoms with Gasteiger partial charge < -0.3 is 19.9 Å². The Morgan fingerprint density at radius 3 is 2.63 bits per heavy atom. The van der Waals surface area contributed by atoms with Crippen LogP contribution in [0.4, 0.5) is 18.4 Å². The second-order valence-corrected chi connectivity index (χ2v) is 7.18. The van der Waals surface area contributed by atoms with Crippen LogP contribution in [0.5, 0.6) is 0 Å². The van der Waals surface area contributed by atoms with E-state index in [0.717, 1.165) is 18.2 Å². The van der Waals surface area contributed by atoms with Gasteiger partial charge in [0.25, 0.3) is 0 Å². The highest BCUT2D eigenvalue weighted by atomic mass is 19.1. The molecule has 1 aromatic rings. The van der Waals surface area contributed by atoms with E-state index in [4.69, 9.17) is 14.6 Å². The van der Waals surface area contributed by atoms with Crippen molar-refractivity contribution in [1.29, 1.82) is 0 Å². The van der Waals surface area contributed by atoms with Gasteiger partial charge >= 0.3 is 12.2 Å². The average molecular weight is 387 g/mol. The third-order valence-corrected chi connectivity index (χ3v) is 3.73. The van der Waals surface area contributed by atoms with Gasteiger partial charge in [0.05, 0.1) is 18.7 Å². The third kappa shape index (κ3) is 6.33. The number of rotatable bonds is 4. The molecular weight excluding hydrogens is 364 g/mol. The maximum atomic E-state index is 14.2. The number of amides is 2. The lowest BCUT2D eigenvalue weighted by Crippen LogP contribution is -2.55. The molecule has 8 nitrogen and oxygen atoms in total. The number of ether oxygens (including phenoxy) is 2. The SMILES string of the molecule is CC(C)(C)OC(=O)N[C@H]1C[C@@H](NNC(=O)O)CO[C@@H]1c1cc(F)ccc1F. The van der Waals surface area contributed by atoms with Crippen molar-refractivity contribution in [3.05, 3.63) is 35.4 Å². The molecule has 0 saturated carbocycles. The normalized spacial score (nSPS) is 22.8. The predicted molar refractivity (Wildman–Crippen MR) is 90.9 cm³/mol. The Balaban J connectivity index is 2.19. The molecule has 4 N–H and O–H groups in total. The maximum absolute atomic E-state index is 14.2. The fourth-order valence-electron chi connectivity index (χ4n) is 2.73. The lowest BCUT2D eigenvalue weighted by Gasteiger charge is -2.37. The van der Waals surface area contributed by atoms with Crippen LogP contribution in [0.1, 0.15) is 38.9 Å². The summed E-state index contributed by atoms with van der Waals surface area (Å²) < 4.78 is 38.6. The van der Waals surface area contributed by atoms with E-state index in [-0.39, 0.29) is 18.6 Å². The highest BCUT2D eigenvalue weighted by Gasteiger charge is 2.36. The monoisotopic (exact) mass is 387 g/mol. The van der Waals surface area contributed by atoms with E-state index in [1.165, 1.54) is 0 Å². The second kappa shape index (κ2) is 8.49. The van der Waals surface area contributed by atoms with Crippen molar-refractivity contribution in [2.45, 2.75) is 51.0 Å². The van der Waals surface area contributed by atoms with Gasteiger partial charge in [-0.1, -0.05) is 0 Å².